The van der Waals surface area contributed by atoms with Gasteiger partial charge in [-0.1, -0.05) is 24.0 Å². The molecule has 0 saturated heterocycles. The van der Waals surface area contributed by atoms with E-state index < -0.39 is 0 Å². The molecule has 0 radical (unpaired) electrons. The van der Waals surface area contributed by atoms with Gasteiger partial charge in [-0.15, -0.1) is 11.3 Å². The Morgan fingerprint density at radius 3 is 2.86 bits per heavy atom. The third-order valence-electron chi connectivity index (χ3n) is 2.85. The molecule has 1 aromatic heterocycles. The van der Waals surface area contributed by atoms with Crippen molar-refractivity contribution in [1.82, 2.24) is 4.90 Å². The van der Waals surface area contributed by atoms with E-state index in [-0.39, 0.29) is 23.8 Å². The smallest absolute Gasteiger partial charge is 0.257 e. The number of aliphatic hydroxyl groups is 1. The second kappa shape index (κ2) is 6.93. The zero-order chi connectivity index (χ0) is 15.2. The molecule has 1 heterocycles. The summed E-state index contributed by atoms with van der Waals surface area (Å²) < 4.78 is 0. The molecule has 0 fully saturated rings. The number of aromatic hydroxyl groups is 1. The lowest BCUT2D eigenvalue weighted by Crippen LogP contribution is -2.26. The van der Waals surface area contributed by atoms with Crippen molar-refractivity contribution < 1.29 is 15.0 Å². The second-order valence-electron chi connectivity index (χ2n) is 4.46. The molecule has 0 saturated carbocycles. The van der Waals surface area contributed by atoms with Crippen LogP contribution in [0.25, 0.3) is 0 Å². The maximum atomic E-state index is 12.3. The first-order valence-corrected chi connectivity index (χ1v) is 7.20. The summed E-state index contributed by atoms with van der Waals surface area (Å²) in [6, 6.07) is 8.38. The third-order valence-corrected chi connectivity index (χ3v) is 3.74. The van der Waals surface area contributed by atoms with Crippen LogP contribution in [0.5, 0.6) is 5.75 Å². The highest BCUT2D eigenvalue weighted by atomic mass is 32.1. The van der Waals surface area contributed by atoms with Gasteiger partial charge in [0, 0.05) is 13.6 Å². The Hall–Kier alpha value is -2.29. The molecule has 2 aromatic rings. The predicted molar refractivity (Wildman–Crippen MR) is 82.2 cm³/mol. The van der Waals surface area contributed by atoms with E-state index in [2.05, 4.69) is 11.8 Å². The van der Waals surface area contributed by atoms with Crippen LogP contribution in [0.15, 0.2) is 35.7 Å². The van der Waals surface area contributed by atoms with Crippen LogP contribution >= 0.6 is 11.3 Å². The van der Waals surface area contributed by atoms with Gasteiger partial charge in [-0.25, -0.2) is 0 Å². The summed E-state index contributed by atoms with van der Waals surface area (Å²) in [6.45, 7) is 0.267. The number of benzene rings is 1. The standard InChI is InChI=1S/C16H15NO3S/c1-17(16(20)14-6-2-3-7-15(14)19)10-12-9-13(21-11-12)5-4-8-18/h2-3,6-7,9,11,18-19H,8,10H2,1H3. The fourth-order valence-electron chi connectivity index (χ4n) is 1.86. The minimum Gasteiger partial charge on any atom is -0.507 e. The molecule has 0 spiro atoms. The fraction of sp³-hybridized carbons (Fsp3) is 0.188. The molecular weight excluding hydrogens is 286 g/mol. The molecule has 0 unspecified atom stereocenters. The molecule has 2 N–H and O–H groups in total. The number of phenolic OH excluding ortho intramolecular Hbond substituents is 1. The molecule has 0 bridgehead atoms. The van der Waals surface area contributed by atoms with Crippen molar-refractivity contribution in [2.45, 2.75) is 6.54 Å². The number of nitrogens with zero attached hydrogens (tertiary/aromatic N) is 1. The van der Waals surface area contributed by atoms with E-state index in [9.17, 15) is 9.90 Å². The maximum Gasteiger partial charge on any atom is 0.257 e. The summed E-state index contributed by atoms with van der Waals surface area (Å²) in [5.41, 5.74) is 1.25. The minimum atomic E-state index is -0.234. The Morgan fingerprint density at radius 1 is 1.38 bits per heavy atom. The number of hydrogen-bond acceptors (Lipinski definition) is 4. The van der Waals surface area contributed by atoms with Crippen LogP contribution in [0, 0.1) is 11.8 Å². The molecular formula is C16H15NO3S. The van der Waals surface area contributed by atoms with Gasteiger partial charge in [0.25, 0.3) is 5.91 Å². The lowest BCUT2D eigenvalue weighted by molar-refractivity contribution is 0.0782. The zero-order valence-corrected chi connectivity index (χ0v) is 12.4. The fourth-order valence-corrected chi connectivity index (χ4v) is 2.63. The summed E-state index contributed by atoms with van der Waals surface area (Å²) in [6.07, 6.45) is 0. The van der Waals surface area contributed by atoms with E-state index in [0.717, 1.165) is 10.4 Å². The topological polar surface area (TPSA) is 60.8 Å². The average Bonchev–Trinajstić information content (AvgIpc) is 2.92. The molecule has 4 nitrogen and oxygen atoms in total. The first-order valence-electron chi connectivity index (χ1n) is 6.32. The molecule has 0 atom stereocenters. The van der Waals surface area contributed by atoms with Crippen molar-refractivity contribution in [3.8, 4) is 17.6 Å². The quantitative estimate of drug-likeness (QED) is 0.853. The summed E-state index contributed by atoms with van der Waals surface area (Å²) in [4.78, 5) is 14.6. The average molecular weight is 301 g/mol. The number of hydrogen-bond donors (Lipinski definition) is 2. The van der Waals surface area contributed by atoms with E-state index >= 15 is 0 Å². The summed E-state index contributed by atoms with van der Waals surface area (Å²) in [5, 5.41) is 20.3. The lowest BCUT2D eigenvalue weighted by atomic mass is 10.1. The Bertz CT molecular complexity index is 697. The van der Waals surface area contributed by atoms with E-state index in [0.29, 0.717) is 6.54 Å². The van der Waals surface area contributed by atoms with E-state index in [4.69, 9.17) is 5.11 Å². The van der Waals surface area contributed by atoms with Gasteiger partial charge in [0.05, 0.1) is 10.4 Å². The highest BCUT2D eigenvalue weighted by molar-refractivity contribution is 7.10. The van der Waals surface area contributed by atoms with Crippen molar-refractivity contribution in [3.05, 3.63) is 51.7 Å². The lowest BCUT2D eigenvalue weighted by Gasteiger charge is -2.17. The van der Waals surface area contributed by atoms with Crippen LogP contribution in [0.3, 0.4) is 0 Å². The number of carbonyl (C=O) groups is 1. The number of thiophene rings is 1. The molecule has 1 aromatic carbocycles. The van der Waals surface area contributed by atoms with Crippen LogP contribution in [0.2, 0.25) is 0 Å². The third kappa shape index (κ3) is 3.85. The number of rotatable bonds is 3. The zero-order valence-electron chi connectivity index (χ0n) is 11.5. The van der Waals surface area contributed by atoms with Crippen molar-refractivity contribution in [2.75, 3.05) is 13.7 Å². The number of para-hydroxylation sites is 1. The van der Waals surface area contributed by atoms with Crippen molar-refractivity contribution in [1.29, 1.82) is 0 Å². The van der Waals surface area contributed by atoms with Gasteiger partial charge >= 0.3 is 0 Å². The Kier molecular flexibility index (Phi) is 4.99. The first kappa shape index (κ1) is 15.1. The van der Waals surface area contributed by atoms with E-state index in [1.54, 1.807) is 30.1 Å². The van der Waals surface area contributed by atoms with Crippen molar-refractivity contribution >= 4 is 17.2 Å². The minimum absolute atomic E-state index is 0.0193. The molecule has 2 rings (SSSR count). The number of amides is 1. The predicted octanol–water partition coefficient (Wildman–Crippen LogP) is 2.07. The van der Waals surface area contributed by atoms with Gasteiger partial charge < -0.3 is 15.1 Å². The molecule has 0 aliphatic heterocycles. The number of aliphatic hydroxyl groups excluding tert-OH is 1. The van der Waals surface area contributed by atoms with Crippen molar-refractivity contribution in [3.63, 3.8) is 0 Å². The van der Waals surface area contributed by atoms with Gasteiger partial charge in [0.1, 0.15) is 12.4 Å². The largest absolute Gasteiger partial charge is 0.507 e. The van der Waals surface area contributed by atoms with Gasteiger partial charge in [0.15, 0.2) is 0 Å². The molecule has 108 valence electrons. The number of carbonyl (C=O) groups excluding carboxylic acids is 1. The van der Waals surface area contributed by atoms with Crippen LogP contribution < -0.4 is 0 Å². The number of phenols is 1. The molecule has 0 aliphatic carbocycles. The summed E-state index contributed by atoms with van der Waals surface area (Å²) in [7, 11) is 1.69. The van der Waals surface area contributed by atoms with Gasteiger partial charge in [0.2, 0.25) is 0 Å². The molecule has 0 aliphatic rings. The van der Waals surface area contributed by atoms with Gasteiger partial charge in [-0.05, 0) is 29.1 Å². The van der Waals surface area contributed by atoms with Gasteiger partial charge in [-0.2, -0.15) is 0 Å². The highest BCUT2D eigenvalue weighted by Gasteiger charge is 2.15. The Labute approximate surface area is 127 Å². The summed E-state index contributed by atoms with van der Waals surface area (Å²) in [5.74, 6) is 5.17. The summed E-state index contributed by atoms with van der Waals surface area (Å²) >= 11 is 1.47. The normalized spacial score (nSPS) is 9.81. The Morgan fingerprint density at radius 2 is 2.14 bits per heavy atom. The second-order valence-corrected chi connectivity index (χ2v) is 5.37. The molecule has 1 amide bonds. The molecule has 5 heteroatoms. The van der Waals surface area contributed by atoms with E-state index in [1.807, 2.05) is 11.4 Å². The maximum absolute atomic E-state index is 12.3. The van der Waals surface area contributed by atoms with Gasteiger partial charge in [-0.3, -0.25) is 4.79 Å². The molecule has 21 heavy (non-hydrogen) atoms. The van der Waals surface area contributed by atoms with Crippen molar-refractivity contribution in [2.24, 2.45) is 0 Å². The SMILES string of the molecule is CN(Cc1csc(C#CCO)c1)C(=O)c1ccccc1O. The van der Waals surface area contributed by atoms with Crippen LogP contribution in [-0.4, -0.2) is 34.7 Å². The monoisotopic (exact) mass is 301 g/mol. The van der Waals surface area contributed by atoms with Crippen LogP contribution in [0.1, 0.15) is 20.8 Å². The Balaban J connectivity index is 2.07. The van der Waals surface area contributed by atoms with E-state index in [1.165, 1.54) is 17.4 Å². The van der Waals surface area contributed by atoms with Crippen LogP contribution in [0.4, 0.5) is 0 Å². The first-order chi connectivity index (χ1) is 10.1. The van der Waals surface area contributed by atoms with Crippen LogP contribution in [-0.2, 0) is 6.54 Å². The highest BCUT2D eigenvalue weighted by Crippen LogP contribution is 2.20.